The van der Waals surface area contributed by atoms with Crippen LogP contribution in [-0.2, 0) is 16.1 Å². The second-order valence-electron chi connectivity index (χ2n) is 8.01. The van der Waals surface area contributed by atoms with E-state index in [1.807, 2.05) is 43.3 Å². The van der Waals surface area contributed by atoms with Crippen LogP contribution in [-0.4, -0.2) is 39.9 Å². The van der Waals surface area contributed by atoms with Crippen molar-refractivity contribution in [2.75, 3.05) is 13.7 Å². The molecule has 0 saturated heterocycles. The molecule has 0 aliphatic rings. The summed E-state index contributed by atoms with van der Waals surface area (Å²) in [5, 5.41) is 15.8. The van der Waals surface area contributed by atoms with Gasteiger partial charge in [-0.25, -0.2) is 0 Å². The van der Waals surface area contributed by atoms with E-state index in [0.717, 1.165) is 27.9 Å². The summed E-state index contributed by atoms with van der Waals surface area (Å²) in [4.78, 5) is 19.7. The van der Waals surface area contributed by atoms with Gasteiger partial charge in [0.05, 0.1) is 18.8 Å². The van der Waals surface area contributed by atoms with Crippen molar-refractivity contribution in [1.82, 2.24) is 20.4 Å². The Balaban J connectivity index is 1.57. The van der Waals surface area contributed by atoms with E-state index in [9.17, 15) is 4.79 Å². The Kier molecular flexibility index (Phi) is 7.10. The van der Waals surface area contributed by atoms with Crippen molar-refractivity contribution in [3.05, 3.63) is 77.6 Å². The van der Waals surface area contributed by atoms with E-state index in [0.29, 0.717) is 23.9 Å². The van der Waals surface area contributed by atoms with Gasteiger partial charge in [-0.05, 0) is 60.4 Å². The van der Waals surface area contributed by atoms with Crippen LogP contribution in [0.25, 0.3) is 34.0 Å². The number of carbonyl (C=O) groups is 1. The first kappa shape index (κ1) is 23.3. The van der Waals surface area contributed by atoms with Gasteiger partial charge in [-0.3, -0.25) is 15.1 Å². The molecule has 0 radical (unpaired) electrons. The molecule has 0 aliphatic heterocycles. The number of rotatable bonds is 9. The molecule has 0 aliphatic carbocycles. The first-order chi connectivity index (χ1) is 16.5. The van der Waals surface area contributed by atoms with E-state index in [2.05, 4.69) is 45.6 Å². The number of benzene rings is 2. The third kappa shape index (κ3) is 5.19. The summed E-state index contributed by atoms with van der Waals surface area (Å²) in [6, 6.07) is 17.7. The lowest BCUT2D eigenvalue weighted by Crippen LogP contribution is -2.26. The lowest BCUT2D eigenvalue weighted by Gasteiger charge is -2.12. The fourth-order valence-corrected chi connectivity index (χ4v) is 3.74. The zero-order chi connectivity index (χ0) is 24.1. The smallest absolute Gasteiger partial charge is 0.317 e. The van der Waals surface area contributed by atoms with Gasteiger partial charge in [0.25, 0.3) is 5.89 Å². The maximum absolute atomic E-state index is 10.7. The molecule has 0 amide bonds. The van der Waals surface area contributed by atoms with Gasteiger partial charge in [-0.1, -0.05) is 35.5 Å². The molecule has 4 rings (SSSR count). The molecule has 0 saturated carbocycles. The quantitative estimate of drug-likeness (QED) is 0.373. The number of pyridine rings is 1. The van der Waals surface area contributed by atoms with E-state index in [1.165, 1.54) is 5.56 Å². The van der Waals surface area contributed by atoms with Crippen molar-refractivity contribution in [2.45, 2.75) is 26.5 Å². The number of carboxylic acid groups (broad SMARTS) is 1. The summed E-state index contributed by atoms with van der Waals surface area (Å²) in [7, 11) is 1.67. The third-order valence-corrected chi connectivity index (χ3v) is 5.56. The van der Waals surface area contributed by atoms with Crippen molar-refractivity contribution < 1.29 is 19.2 Å². The first-order valence-electron chi connectivity index (χ1n) is 10.9. The second-order valence-corrected chi connectivity index (χ2v) is 8.01. The van der Waals surface area contributed by atoms with E-state index < -0.39 is 5.97 Å². The molecule has 1 unspecified atom stereocenters. The average molecular weight is 459 g/mol. The summed E-state index contributed by atoms with van der Waals surface area (Å²) < 4.78 is 11.0. The van der Waals surface area contributed by atoms with E-state index in [4.69, 9.17) is 14.4 Å². The maximum Gasteiger partial charge on any atom is 0.317 e. The van der Waals surface area contributed by atoms with Gasteiger partial charge in [0, 0.05) is 30.5 Å². The standard InChI is InChI=1S/C26H26N4O4/c1-16-6-4-5-7-21(16)22-10-8-18(12-20(22)15-33-3)26-29-25(30-34-26)19-9-11-23(28-13-19)17(2)27-14-24(31)32/h4-13,17,27H,14-15H2,1-3H3,(H,31,32). The summed E-state index contributed by atoms with van der Waals surface area (Å²) in [6.07, 6.45) is 1.65. The molecule has 0 bridgehead atoms. The van der Waals surface area contributed by atoms with Crippen molar-refractivity contribution in [3.63, 3.8) is 0 Å². The minimum Gasteiger partial charge on any atom is -0.480 e. The van der Waals surface area contributed by atoms with Gasteiger partial charge in [0.1, 0.15) is 0 Å². The summed E-state index contributed by atoms with van der Waals surface area (Å²) in [5.74, 6) is -0.0795. The monoisotopic (exact) mass is 458 g/mol. The Morgan fingerprint density at radius 2 is 1.91 bits per heavy atom. The highest BCUT2D eigenvalue weighted by atomic mass is 16.5. The summed E-state index contributed by atoms with van der Waals surface area (Å²) in [5.41, 5.74) is 6.72. The molecule has 8 heteroatoms. The fourth-order valence-electron chi connectivity index (χ4n) is 3.74. The van der Waals surface area contributed by atoms with Gasteiger partial charge in [0.15, 0.2) is 0 Å². The second kappa shape index (κ2) is 10.4. The highest BCUT2D eigenvalue weighted by Crippen LogP contribution is 2.31. The fraction of sp³-hybridized carbons (Fsp3) is 0.231. The normalized spacial score (nSPS) is 12.0. The number of aromatic nitrogens is 3. The minimum atomic E-state index is -0.914. The van der Waals surface area contributed by atoms with Gasteiger partial charge in [-0.2, -0.15) is 4.98 Å². The van der Waals surface area contributed by atoms with E-state index >= 15 is 0 Å². The zero-order valence-corrected chi connectivity index (χ0v) is 19.3. The van der Waals surface area contributed by atoms with Crippen LogP contribution in [0.4, 0.5) is 0 Å². The molecule has 2 aromatic carbocycles. The molecule has 2 heterocycles. The summed E-state index contributed by atoms with van der Waals surface area (Å²) in [6.45, 7) is 4.27. The molecule has 8 nitrogen and oxygen atoms in total. The van der Waals surface area contributed by atoms with Gasteiger partial charge >= 0.3 is 5.97 Å². The van der Waals surface area contributed by atoms with Crippen LogP contribution >= 0.6 is 0 Å². The number of ether oxygens (including phenoxy) is 1. The Morgan fingerprint density at radius 1 is 1.12 bits per heavy atom. The number of nitrogens with zero attached hydrogens (tertiary/aromatic N) is 3. The molecule has 0 spiro atoms. The molecule has 2 N–H and O–H groups in total. The maximum atomic E-state index is 10.7. The van der Waals surface area contributed by atoms with Crippen LogP contribution in [0.1, 0.15) is 29.8 Å². The highest BCUT2D eigenvalue weighted by molar-refractivity contribution is 5.74. The van der Waals surface area contributed by atoms with E-state index in [-0.39, 0.29) is 12.6 Å². The zero-order valence-electron chi connectivity index (χ0n) is 19.3. The van der Waals surface area contributed by atoms with Crippen molar-refractivity contribution in [2.24, 2.45) is 0 Å². The lowest BCUT2D eigenvalue weighted by molar-refractivity contribution is -0.136. The largest absolute Gasteiger partial charge is 0.480 e. The average Bonchev–Trinajstić information content (AvgIpc) is 3.34. The van der Waals surface area contributed by atoms with Gasteiger partial charge < -0.3 is 14.4 Å². The van der Waals surface area contributed by atoms with Crippen molar-refractivity contribution >= 4 is 5.97 Å². The number of aryl methyl sites for hydroxylation is 1. The van der Waals surface area contributed by atoms with Crippen molar-refractivity contribution in [1.29, 1.82) is 0 Å². The molecule has 4 aromatic rings. The number of nitrogens with one attached hydrogen (secondary N) is 1. The molecule has 34 heavy (non-hydrogen) atoms. The first-order valence-corrected chi connectivity index (χ1v) is 10.9. The molecular weight excluding hydrogens is 432 g/mol. The number of carboxylic acids is 1. The SMILES string of the molecule is COCc1cc(-c2nc(-c3ccc(C(C)NCC(=O)O)nc3)no2)ccc1-c1ccccc1C. The topological polar surface area (TPSA) is 110 Å². The Bertz CT molecular complexity index is 1280. The number of methoxy groups -OCH3 is 1. The summed E-state index contributed by atoms with van der Waals surface area (Å²) >= 11 is 0. The third-order valence-electron chi connectivity index (χ3n) is 5.56. The van der Waals surface area contributed by atoms with Crippen LogP contribution in [0.3, 0.4) is 0 Å². The molecule has 174 valence electrons. The molecule has 2 aromatic heterocycles. The lowest BCUT2D eigenvalue weighted by atomic mass is 9.94. The van der Waals surface area contributed by atoms with Crippen molar-refractivity contribution in [3.8, 4) is 34.0 Å². The number of hydrogen-bond acceptors (Lipinski definition) is 7. The molecule has 1 atom stereocenters. The van der Waals surface area contributed by atoms with Crippen LogP contribution < -0.4 is 5.32 Å². The number of aliphatic carboxylic acids is 1. The predicted octanol–water partition coefficient (Wildman–Crippen LogP) is 4.66. The van der Waals surface area contributed by atoms with Crippen LogP contribution in [0, 0.1) is 6.92 Å². The van der Waals surface area contributed by atoms with Crippen LogP contribution in [0.15, 0.2) is 65.3 Å². The van der Waals surface area contributed by atoms with E-state index in [1.54, 1.807) is 13.3 Å². The van der Waals surface area contributed by atoms with Crippen LogP contribution in [0.5, 0.6) is 0 Å². The van der Waals surface area contributed by atoms with Gasteiger partial charge in [0.2, 0.25) is 5.82 Å². The Labute approximate surface area is 197 Å². The molecule has 0 fully saturated rings. The predicted molar refractivity (Wildman–Crippen MR) is 128 cm³/mol. The molecular formula is C26H26N4O4. The Morgan fingerprint density at radius 3 is 2.62 bits per heavy atom. The van der Waals surface area contributed by atoms with Crippen LogP contribution in [0.2, 0.25) is 0 Å². The number of hydrogen-bond donors (Lipinski definition) is 2. The highest BCUT2D eigenvalue weighted by Gasteiger charge is 2.15. The minimum absolute atomic E-state index is 0.132. The Hall–Kier alpha value is -3.88. The van der Waals surface area contributed by atoms with Gasteiger partial charge in [-0.15, -0.1) is 0 Å².